The van der Waals surface area contributed by atoms with Crippen molar-refractivity contribution in [1.29, 1.82) is 0 Å². The van der Waals surface area contributed by atoms with E-state index in [9.17, 15) is 9.18 Å². The van der Waals surface area contributed by atoms with E-state index in [-0.39, 0.29) is 11.4 Å². The largest absolute Gasteiger partial charge is 0.493 e. The summed E-state index contributed by atoms with van der Waals surface area (Å²) in [6.07, 6.45) is 1.59. The summed E-state index contributed by atoms with van der Waals surface area (Å²) < 4.78 is 31.2. The Kier molecular flexibility index (Phi) is 6.27. The first-order valence-electron chi connectivity index (χ1n) is 9.88. The number of carbonyl (C=O) groups excluding carboxylic acids is 1. The SMILES string of the molecule is COc1cc2nccc(Oc3ccc(NC(=O)Nc4nc(C)c(C)s4)c(F)c3)c2cc1OC. The molecule has 8 nitrogen and oxygen atoms in total. The quantitative estimate of drug-likeness (QED) is 0.366. The number of aryl methyl sites for hydroxylation is 2. The van der Waals surface area contributed by atoms with E-state index in [0.717, 1.165) is 10.6 Å². The highest BCUT2D eigenvalue weighted by atomic mass is 32.1. The average Bonchev–Trinajstić information content (AvgIpc) is 3.11. The molecule has 0 aliphatic rings. The zero-order valence-corrected chi connectivity index (χ0v) is 19.2. The van der Waals surface area contributed by atoms with Crippen LogP contribution < -0.4 is 24.8 Å². The standard InChI is InChI=1S/C23H21FN4O4S/c1-12-13(2)33-23(26-12)28-22(29)27-17-6-5-14(9-16(17)24)32-19-7-8-25-18-11-21(31-4)20(30-3)10-15(18)19/h5-11H,1-4H3,(H2,26,27,28,29). The number of rotatable bonds is 6. The van der Waals surface area contributed by atoms with Gasteiger partial charge in [0.2, 0.25) is 0 Å². The van der Waals surface area contributed by atoms with Crippen LogP contribution in [0.1, 0.15) is 10.6 Å². The molecular weight excluding hydrogens is 447 g/mol. The number of anilines is 2. The van der Waals surface area contributed by atoms with Gasteiger partial charge in [0.05, 0.1) is 31.1 Å². The maximum Gasteiger partial charge on any atom is 0.325 e. The van der Waals surface area contributed by atoms with Gasteiger partial charge in [0.15, 0.2) is 16.6 Å². The summed E-state index contributed by atoms with van der Waals surface area (Å²) in [6.45, 7) is 3.76. The normalized spacial score (nSPS) is 10.7. The number of urea groups is 1. The molecule has 0 aliphatic heterocycles. The van der Waals surface area contributed by atoms with Crippen LogP contribution in [0, 0.1) is 19.7 Å². The lowest BCUT2D eigenvalue weighted by Gasteiger charge is -2.13. The molecule has 2 N–H and O–H groups in total. The Morgan fingerprint density at radius 2 is 1.76 bits per heavy atom. The fraction of sp³-hybridized carbons (Fsp3) is 0.174. The van der Waals surface area contributed by atoms with Crippen molar-refractivity contribution in [2.24, 2.45) is 0 Å². The van der Waals surface area contributed by atoms with Gasteiger partial charge in [-0.05, 0) is 38.1 Å². The van der Waals surface area contributed by atoms with E-state index in [4.69, 9.17) is 14.2 Å². The van der Waals surface area contributed by atoms with E-state index < -0.39 is 11.8 Å². The smallest absolute Gasteiger partial charge is 0.325 e. The minimum atomic E-state index is -0.647. The fourth-order valence-electron chi connectivity index (χ4n) is 3.10. The van der Waals surface area contributed by atoms with Crippen LogP contribution in [-0.2, 0) is 0 Å². The van der Waals surface area contributed by atoms with Crippen LogP contribution in [0.5, 0.6) is 23.0 Å². The lowest BCUT2D eigenvalue weighted by molar-refractivity contribution is 0.262. The second kappa shape index (κ2) is 9.29. The minimum Gasteiger partial charge on any atom is -0.493 e. The number of ether oxygens (including phenoxy) is 3. The number of thiazole rings is 1. The molecule has 4 aromatic rings. The zero-order chi connectivity index (χ0) is 23.5. The van der Waals surface area contributed by atoms with Gasteiger partial charge in [0, 0.05) is 28.6 Å². The summed E-state index contributed by atoms with van der Waals surface area (Å²) in [4.78, 5) is 21.8. The summed E-state index contributed by atoms with van der Waals surface area (Å²) in [5.41, 5.74) is 1.48. The summed E-state index contributed by atoms with van der Waals surface area (Å²) >= 11 is 1.35. The molecule has 0 unspecified atom stereocenters. The third-order valence-electron chi connectivity index (χ3n) is 4.87. The van der Waals surface area contributed by atoms with Crippen molar-refractivity contribution < 1.29 is 23.4 Å². The Morgan fingerprint density at radius 1 is 1.00 bits per heavy atom. The number of methoxy groups -OCH3 is 2. The Hall–Kier alpha value is -3.92. The highest BCUT2D eigenvalue weighted by molar-refractivity contribution is 7.15. The Balaban J connectivity index is 1.52. The lowest BCUT2D eigenvalue weighted by atomic mass is 10.2. The maximum absolute atomic E-state index is 14.7. The zero-order valence-electron chi connectivity index (χ0n) is 18.4. The number of aromatic nitrogens is 2. The topological polar surface area (TPSA) is 94.6 Å². The fourth-order valence-corrected chi connectivity index (χ4v) is 3.91. The predicted octanol–water partition coefficient (Wildman–Crippen LogP) is 5.90. The molecule has 0 bridgehead atoms. The van der Waals surface area contributed by atoms with Crippen molar-refractivity contribution in [2.75, 3.05) is 24.9 Å². The van der Waals surface area contributed by atoms with Gasteiger partial charge < -0.3 is 19.5 Å². The van der Waals surface area contributed by atoms with Gasteiger partial charge in [-0.15, -0.1) is 11.3 Å². The van der Waals surface area contributed by atoms with Gasteiger partial charge in [-0.3, -0.25) is 10.3 Å². The number of hydrogen-bond donors (Lipinski definition) is 2. The van der Waals surface area contributed by atoms with Crippen LogP contribution in [0.25, 0.3) is 10.9 Å². The van der Waals surface area contributed by atoms with Crippen molar-refractivity contribution in [3.8, 4) is 23.0 Å². The molecule has 0 saturated heterocycles. The van der Waals surface area contributed by atoms with Crippen molar-refractivity contribution in [3.05, 3.63) is 59.0 Å². The van der Waals surface area contributed by atoms with Crippen LogP contribution >= 0.6 is 11.3 Å². The first-order chi connectivity index (χ1) is 15.9. The molecule has 0 atom stereocenters. The molecule has 33 heavy (non-hydrogen) atoms. The van der Waals surface area contributed by atoms with Crippen LogP contribution in [0.2, 0.25) is 0 Å². The molecular formula is C23H21FN4O4S. The van der Waals surface area contributed by atoms with Gasteiger partial charge in [-0.25, -0.2) is 14.2 Å². The lowest BCUT2D eigenvalue weighted by Crippen LogP contribution is -2.20. The molecule has 0 aliphatic carbocycles. The number of benzene rings is 2. The van der Waals surface area contributed by atoms with Crippen molar-refractivity contribution in [2.45, 2.75) is 13.8 Å². The van der Waals surface area contributed by atoms with Gasteiger partial charge in [0.25, 0.3) is 0 Å². The number of pyridine rings is 1. The van der Waals surface area contributed by atoms with Gasteiger partial charge in [-0.1, -0.05) is 0 Å². The maximum atomic E-state index is 14.7. The summed E-state index contributed by atoms with van der Waals surface area (Å²) in [6, 6.07) is 8.74. The van der Waals surface area contributed by atoms with E-state index in [1.807, 2.05) is 13.8 Å². The average molecular weight is 469 g/mol. The van der Waals surface area contributed by atoms with Crippen LogP contribution in [0.15, 0.2) is 42.6 Å². The minimum absolute atomic E-state index is 0.0100. The second-order valence-electron chi connectivity index (χ2n) is 7.02. The predicted molar refractivity (Wildman–Crippen MR) is 126 cm³/mol. The number of halogens is 1. The van der Waals surface area contributed by atoms with Crippen LogP contribution in [0.4, 0.5) is 20.0 Å². The van der Waals surface area contributed by atoms with Crippen LogP contribution in [-0.4, -0.2) is 30.2 Å². The molecule has 2 aromatic carbocycles. The van der Waals surface area contributed by atoms with Crippen LogP contribution in [0.3, 0.4) is 0 Å². The highest BCUT2D eigenvalue weighted by Crippen LogP contribution is 2.37. The molecule has 4 rings (SSSR count). The van der Waals surface area contributed by atoms with E-state index in [1.165, 1.54) is 30.6 Å². The van der Waals surface area contributed by atoms with E-state index in [0.29, 0.717) is 33.3 Å². The third kappa shape index (κ3) is 4.80. The number of amides is 2. The Labute approximate surface area is 193 Å². The molecule has 2 heterocycles. The Bertz CT molecular complexity index is 1320. The summed E-state index contributed by atoms with van der Waals surface area (Å²) in [5.74, 6) is 1.13. The molecule has 0 spiro atoms. The van der Waals surface area contributed by atoms with E-state index in [2.05, 4.69) is 20.6 Å². The monoisotopic (exact) mass is 468 g/mol. The third-order valence-corrected chi connectivity index (χ3v) is 5.86. The number of nitrogens with one attached hydrogen (secondary N) is 2. The van der Waals surface area contributed by atoms with E-state index in [1.54, 1.807) is 37.6 Å². The number of hydrogen-bond acceptors (Lipinski definition) is 7. The molecule has 10 heteroatoms. The summed E-state index contributed by atoms with van der Waals surface area (Å²) in [7, 11) is 3.08. The number of carbonyl (C=O) groups is 1. The van der Waals surface area contributed by atoms with Crippen molar-refractivity contribution in [1.82, 2.24) is 9.97 Å². The van der Waals surface area contributed by atoms with Gasteiger partial charge in [-0.2, -0.15) is 0 Å². The highest BCUT2D eigenvalue weighted by Gasteiger charge is 2.14. The first kappa shape index (κ1) is 22.3. The van der Waals surface area contributed by atoms with Gasteiger partial charge in [0.1, 0.15) is 17.3 Å². The van der Waals surface area contributed by atoms with E-state index >= 15 is 0 Å². The van der Waals surface area contributed by atoms with Gasteiger partial charge >= 0.3 is 6.03 Å². The van der Waals surface area contributed by atoms with Crippen molar-refractivity contribution in [3.63, 3.8) is 0 Å². The molecule has 2 aromatic heterocycles. The molecule has 0 saturated carbocycles. The molecule has 0 radical (unpaired) electrons. The number of nitrogens with zero attached hydrogens (tertiary/aromatic N) is 2. The second-order valence-corrected chi connectivity index (χ2v) is 8.22. The molecule has 2 amide bonds. The summed E-state index contributed by atoms with van der Waals surface area (Å²) in [5, 5.41) is 6.20. The Morgan fingerprint density at radius 3 is 2.42 bits per heavy atom. The molecule has 170 valence electrons. The number of fused-ring (bicyclic) bond motifs is 1. The first-order valence-corrected chi connectivity index (χ1v) is 10.7. The van der Waals surface area contributed by atoms with Crippen molar-refractivity contribution >= 4 is 39.1 Å². The molecule has 0 fully saturated rings.